The van der Waals surface area contributed by atoms with E-state index in [1.807, 2.05) is 26.0 Å². The van der Waals surface area contributed by atoms with Crippen LogP contribution in [-0.4, -0.2) is 11.6 Å². The highest BCUT2D eigenvalue weighted by Crippen LogP contribution is 2.22. The number of nitrogens with two attached hydrogens (primary N) is 1. The molecule has 0 fully saturated rings. The molecule has 0 saturated heterocycles. The van der Waals surface area contributed by atoms with E-state index in [9.17, 15) is 4.79 Å². The highest BCUT2D eigenvalue weighted by atomic mass is 16.2. The molecule has 2 rings (SSSR count). The number of carbonyl (C=O) groups excluding carboxylic acids is 1. The van der Waals surface area contributed by atoms with Crippen LogP contribution in [0.4, 0.5) is 5.69 Å². The molecule has 1 aliphatic heterocycles. The third-order valence-electron chi connectivity index (χ3n) is 2.95. The molecular formula is C12H15N3O. The lowest BCUT2D eigenvalue weighted by atomic mass is 9.96. The van der Waals surface area contributed by atoms with Crippen molar-refractivity contribution in [3.63, 3.8) is 0 Å². The Morgan fingerprint density at radius 3 is 2.69 bits per heavy atom. The van der Waals surface area contributed by atoms with Crippen LogP contribution in [-0.2, 0) is 4.79 Å². The number of hydrazone groups is 1. The van der Waals surface area contributed by atoms with E-state index in [1.54, 1.807) is 0 Å². The molecule has 3 N–H and O–H groups in total. The second kappa shape index (κ2) is 3.96. The Morgan fingerprint density at radius 2 is 2.06 bits per heavy atom. The molecule has 0 radical (unpaired) electrons. The second-order valence-electron chi connectivity index (χ2n) is 4.06. The van der Waals surface area contributed by atoms with Crippen molar-refractivity contribution < 1.29 is 4.79 Å². The van der Waals surface area contributed by atoms with Gasteiger partial charge in [0, 0.05) is 24.1 Å². The lowest BCUT2D eigenvalue weighted by Gasteiger charge is -2.16. The summed E-state index contributed by atoms with van der Waals surface area (Å²) in [5, 5.41) is 4.07. The van der Waals surface area contributed by atoms with Crippen molar-refractivity contribution in [3.05, 3.63) is 28.8 Å². The highest BCUT2D eigenvalue weighted by molar-refractivity contribution is 6.06. The van der Waals surface area contributed by atoms with E-state index in [4.69, 9.17) is 5.73 Å². The molecule has 1 aromatic carbocycles. The molecule has 0 unspecified atom stereocenters. The number of hydrogen-bond donors (Lipinski definition) is 2. The molecule has 1 heterocycles. The van der Waals surface area contributed by atoms with Crippen LogP contribution >= 0.6 is 0 Å². The van der Waals surface area contributed by atoms with E-state index in [0.717, 1.165) is 28.1 Å². The number of nitrogens with zero attached hydrogens (tertiary/aromatic N) is 1. The standard InChI is InChI=1S/C12H15N3O/c1-7-3-4-9(8(2)12(7)13)10-5-6-11(16)15-14-10/h3-4H,5-6,13H2,1-2H3,(H,15,16). The maximum absolute atomic E-state index is 11.0. The molecule has 0 aliphatic carbocycles. The van der Waals surface area contributed by atoms with Gasteiger partial charge < -0.3 is 5.73 Å². The summed E-state index contributed by atoms with van der Waals surface area (Å²) in [7, 11) is 0. The number of carbonyl (C=O) groups is 1. The number of amides is 1. The average Bonchev–Trinajstić information content (AvgIpc) is 2.28. The first-order valence-corrected chi connectivity index (χ1v) is 5.31. The predicted octanol–water partition coefficient (Wildman–Crippen LogP) is 1.50. The smallest absolute Gasteiger partial charge is 0.240 e. The van der Waals surface area contributed by atoms with Crippen LogP contribution in [0.5, 0.6) is 0 Å². The summed E-state index contributed by atoms with van der Waals surface area (Å²) in [6, 6.07) is 3.99. The zero-order valence-electron chi connectivity index (χ0n) is 9.50. The molecule has 1 aromatic rings. The fourth-order valence-electron chi connectivity index (χ4n) is 1.85. The van der Waals surface area contributed by atoms with Crippen molar-refractivity contribution in [3.8, 4) is 0 Å². The van der Waals surface area contributed by atoms with E-state index in [1.165, 1.54) is 0 Å². The first-order chi connectivity index (χ1) is 7.59. The number of benzene rings is 1. The molecule has 1 amide bonds. The highest BCUT2D eigenvalue weighted by Gasteiger charge is 2.16. The van der Waals surface area contributed by atoms with Crippen LogP contribution in [0.15, 0.2) is 17.2 Å². The maximum atomic E-state index is 11.0. The number of hydrogen-bond acceptors (Lipinski definition) is 3. The normalized spacial score (nSPS) is 15.6. The number of aryl methyl sites for hydroxylation is 1. The van der Waals surface area contributed by atoms with Gasteiger partial charge in [-0.3, -0.25) is 4.79 Å². The van der Waals surface area contributed by atoms with Crippen molar-refractivity contribution in [2.45, 2.75) is 26.7 Å². The minimum Gasteiger partial charge on any atom is -0.398 e. The van der Waals surface area contributed by atoms with Gasteiger partial charge in [-0.2, -0.15) is 5.10 Å². The van der Waals surface area contributed by atoms with Crippen LogP contribution in [0, 0.1) is 13.8 Å². The molecule has 0 atom stereocenters. The van der Waals surface area contributed by atoms with Crippen LogP contribution in [0.1, 0.15) is 29.5 Å². The molecule has 4 nitrogen and oxygen atoms in total. The maximum Gasteiger partial charge on any atom is 0.240 e. The summed E-state index contributed by atoms with van der Waals surface area (Å²) in [6.07, 6.45) is 1.17. The van der Waals surface area contributed by atoms with Gasteiger partial charge in [0.05, 0.1) is 5.71 Å². The quantitative estimate of drug-likeness (QED) is 0.700. The molecule has 84 valence electrons. The van der Waals surface area contributed by atoms with Crippen molar-refractivity contribution in [2.24, 2.45) is 5.10 Å². The molecular weight excluding hydrogens is 202 g/mol. The molecule has 0 saturated carbocycles. The first-order valence-electron chi connectivity index (χ1n) is 5.31. The largest absolute Gasteiger partial charge is 0.398 e. The van der Waals surface area contributed by atoms with E-state index < -0.39 is 0 Å². The lowest BCUT2D eigenvalue weighted by Crippen LogP contribution is -2.26. The third kappa shape index (κ3) is 1.78. The minimum absolute atomic E-state index is 0.0264. The molecule has 0 bridgehead atoms. The van der Waals surface area contributed by atoms with Gasteiger partial charge in [-0.05, 0) is 25.0 Å². The number of rotatable bonds is 1. The topological polar surface area (TPSA) is 67.5 Å². The molecule has 0 spiro atoms. The van der Waals surface area contributed by atoms with E-state index in [2.05, 4.69) is 10.5 Å². The Morgan fingerprint density at radius 1 is 1.31 bits per heavy atom. The molecule has 4 heteroatoms. The van der Waals surface area contributed by atoms with E-state index in [0.29, 0.717) is 12.8 Å². The first kappa shape index (κ1) is 10.7. The lowest BCUT2D eigenvalue weighted by molar-refractivity contribution is -0.121. The Kier molecular flexibility index (Phi) is 2.64. The summed E-state index contributed by atoms with van der Waals surface area (Å²) >= 11 is 0. The van der Waals surface area contributed by atoms with Crippen LogP contribution in [0.25, 0.3) is 0 Å². The average molecular weight is 217 g/mol. The molecule has 0 aromatic heterocycles. The van der Waals surface area contributed by atoms with Gasteiger partial charge in [0.1, 0.15) is 0 Å². The predicted molar refractivity (Wildman–Crippen MR) is 64.2 cm³/mol. The molecule has 1 aliphatic rings. The summed E-state index contributed by atoms with van der Waals surface area (Å²) in [4.78, 5) is 11.0. The van der Waals surface area contributed by atoms with Gasteiger partial charge in [-0.25, -0.2) is 5.43 Å². The summed E-state index contributed by atoms with van der Waals surface area (Å²) in [5.41, 5.74) is 13.3. The fraction of sp³-hybridized carbons (Fsp3) is 0.333. The Labute approximate surface area is 94.5 Å². The summed E-state index contributed by atoms with van der Waals surface area (Å²) in [6.45, 7) is 3.97. The van der Waals surface area contributed by atoms with Gasteiger partial charge >= 0.3 is 0 Å². The summed E-state index contributed by atoms with van der Waals surface area (Å²) < 4.78 is 0. The molecule has 16 heavy (non-hydrogen) atoms. The van der Waals surface area contributed by atoms with Crippen LogP contribution < -0.4 is 11.2 Å². The zero-order valence-corrected chi connectivity index (χ0v) is 9.50. The SMILES string of the molecule is Cc1ccc(C2=NNC(=O)CC2)c(C)c1N. The van der Waals surface area contributed by atoms with Crippen LogP contribution in [0.3, 0.4) is 0 Å². The van der Waals surface area contributed by atoms with Crippen molar-refractivity contribution in [1.82, 2.24) is 5.43 Å². The fourth-order valence-corrected chi connectivity index (χ4v) is 1.85. The summed E-state index contributed by atoms with van der Waals surface area (Å²) in [5.74, 6) is -0.0264. The number of nitrogens with one attached hydrogen (secondary N) is 1. The van der Waals surface area contributed by atoms with Crippen LogP contribution in [0.2, 0.25) is 0 Å². The second-order valence-corrected chi connectivity index (χ2v) is 4.06. The van der Waals surface area contributed by atoms with Crippen molar-refractivity contribution in [1.29, 1.82) is 0 Å². The van der Waals surface area contributed by atoms with Gasteiger partial charge in [0.2, 0.25) is 5.91 Å². The van der Waals surface area contributed by atoms with Crippen molar-refractivity contribution in [2.75, 3.05) is 5.73 Å². The minimum atomic E-state index is -0.0264. The van der Waals surface area contributed by atoms with E-state index in [-0.39, 0.29) is 5.91 Å². The van der Waals surface area contributed by atoms with E-state index >= 15 is 0 Å². The van der Waals surface area contributed by atoms with Gasteiger partial charge in [-0.1, -0.05) is 12.1 Å². The Balaban J connectivity index is 2.42. The number of nitrogen functional groups attached to an aromatic ring is 1. The van der Waals surface area contributed by atoms with Gasteiger partial charge in [0.15, 0.2) is 0 Å². The van der Waals surface area contributed by atoms with Crippen molar-refractivity contribution >= 4 is 17.3 Å². The third-order valence-corrected chi connectivity index (χ3v) is 2.95. The zero-order chi connectivity index (χ0) is 11.7. The number of anilines is 1. The van der Waals surface area contributed by atoms with Gasteiger partial charge in [-0.15, -0.1) is 0 Å². The monoisotopic (exact) mass is 217 g/mol. The Bertz CT molecular complexity index is 477. The Hall–Kier alpha value is -1.84. The van der Waals surface area contributed by atoms with Gasteiger partial charge in [0.25, 0.3) is 0 Å².